The molecular weight excluding hydrogens is 278 g/mol. The predicted molar refractivity (Wildman–Crippen MR) is 79.1 cm³/mol. The molecule has 0 saturated carbocycles. The fourth-order valence-electron chi connectivity index (χ4n) is 1.94. The van der Waals surface area contributed by atoms with Crippen LogP contribution < -0.4 is 0 Å². The zero-order valence-electron chi connectivity index (χ0n) is 12.3. The van der Waals surface area contributed by atoms with Crippen LogP contribution in [0.25, 0.3) is 0 Å². The molecule has 114 valence electrons. The third-order valence-electron chi connectivity index (χ3n) is 2.84. The average molecular weight is 302 g/mol. The third kappa shape index (κ3) is 7.12. The third-order valence-corrected chi connectivity index (χ3v) is 4.94. The Morgan fingerprint density at radius 1 is 0.950 bits per heavy atom. The molecule has 20 heavy (non-hydrogen) atoms. The van der Waals surface area contributed by atoms with Gasteiger partial charge in [0.1, 0.15) is 11.6 Å². The minimum absolute atomic E-state index is 0.515. The molecule has 0 saturated heterocycles. The quantitative estimate of drug-likeness (QED) is 0.609. The zero-order valence-corrected chi connectivity index (χ0v) is 13.5. The summed E-state index contributed by atoms with van der Waals surface area (Å²) in [5.74, 6) is -1.03. The van der Waals surface area contributed by atoms with E-state index in [1.165, 1.54) is 12.1 Å². The first-order chi connectivity index (χ1) is 9.65. The topological polar surface area (TPSA) is 18.5 Å². The molecule has 0 spiro atoms. The summed E-state index contributed by atoms with van der Waals surface area (Å²) in [7, 11) is -1.62. The lowest BCUT2D eigenvalue weighted by Crippen LogP contribution is -2.24. The van der Waals surface area contributed by atoms with Crippen molar-refractivity contribution in [2.75, 3.05) is 13.2 Å². The van der Waals surface area contributed by atoms with Crippen molar-refractivity contribution in [3.8, 4) is 0 Å². The van der Waals surface area contributed by atoms with Gasteiger partial charge in [-0.05, 0) is 49.4 Å². The minimum atomic E-state index is -1.62. The molecule has 0 N–H and O–H groups in total. The number of halogens is 2. The van der Waals surface area contributed by atoms with E-state index >= 15 is 0 Å². The van der Waals surface area contributed by atoms with E-state index in [-0.39, 0.29) is 0 Å². The van der Waals surface area contributed by atoms with Gasteiger partial charge in [-0.2, -0.15) is 0 Å². The second-order valence-corrected chi connectivity index (χ2v) is 6.94. The number of hydrogen-bond acceptors (Lipinski definition) is 2. The van der Waals surface area contributed by atoms with Crippen LogP contribution in [0.3, 0.4) is 0 Å². The van der Waals surface area contributed by atoms with Gasteiger partial charge in [-0.15, -0.1) is 0 Å². The summed E-state index contributed by atoms with van der Waals surface area (Å²) in [6.07, 6.45) is 3.46. The van der Waals surface area contributed by atoms with E-state index in [1.54, 1.807) is 0 Å². The Kier molecular flexibility index (Phi) is 8.65. The molecule has 0 aliphatic rings. The average Bonchev–Trinajstić information content (AvgIpc) is 2.40. The van der Waals surface area contributed by atoms with Gasteiger partial charge in [0, 0.05) is 19.3 Å². The van der Waals surface area contributed by atoms with Crippen molar-refractivity contribution < 1.29 is 17.6 Å². The molecule has 0 heterocycles. The number of benzene rings is 1. The highest BCUT2D eigenvalue weighted by Gasteiger charge is 2.12. The molecule has 1 rings (SSSR count). The van der Waals surface area contributed by atoms with Crippen LogP contribution >= 0.6 is 0 Å². The summed E-state index contributed by atoms with van der Waals surface area (Å²) in [4.78, 5) is 0. The molecule has 2 nitrogen and oxygen atoms in total. The lowest BCUT2D eigenvalue weighted by Gasteiger charge is -2.16. The Labute approximate surface area is 121 Å². The summed E-state index contributed by atoms with van der Waals surface area (Å²) in [5.41, 5.74) is 0.696. The van der Waals surface area contributed by atoms with Crippen molar-refractivity contribution in [2.45, 2.75) is 45.6 Å². The normalized spacial score (nSPS) is 11.2. The maximum Gasteiger partial charge on any atom is 0.321 e. The second kappa shape index (κ2) is 10.0. The summed E-state index contributed by atoms with van der Waals surface area (Å²) < 4.78 is 37.6. The van der Waals surface area contributed by atoms with E-state index in [1.807, 2.05) is 0 Å². The van der Waals surface area contributed by atoms with Crippen molar-refractivity contribution >= 4 is 9.28 Å². The van der Waals surface area contributed by atoms with E-state index in [2.05, 4.69) is 13.8 Å². The molecule has 1 aromatic carbocycles. The Hall–Kier alpha value is -0.783. The molecule has 0 atom stereocenters. The Morgan fingerprint density at radius 3 is 2.00 bits per heavy atom. The summed E-state index contributed by atoms with van der Waals surface area (Å²) in [5, 5.41) is 0. The number of aryl methyl sites for hydroxylation is 1. The van der Waals surface area contributed by atoms with Crippen LogP contribution in [0.15, 0.2) is 18.2 Å². The van der Waals surface area contributed by atoms with Crippen molar-refractivity contribution in [1.82, 2.24) is 0 Å². The van der Waals surface area contributed by atoms with Gasteiger partial charge < -0.3 is 8.85 Å². The largest absolute Gasteiger partial charge is 0.397 e. The molecule has 1 aromatic rings. The van der Waals surface area contributed by atoms with Gasteiger partial charge >= 0.3 is 9.28 Å². The van der Waals surface area contributed by atoms with Crippen molar-refractivity contribution in [3.05, 3.63) is 35.4 Å². The highest BCUT2D eigenvalue weighted by atomic mass is 28.3. The molecule has 5 heteroatoms. The Bertz CT molecular complexity index is 360. The van der Waals surface area contributed by atoms with Crippen LogP contribution in [0.1, 0.15) is 38.7 Å². The van der Waals surface area contributed by atoms with Crippen molar-refractivity contribution in [2.24, 2.45) is 0 Å². The van der Waals surface area contributed by atoms with Crippen molar-refractivity contribution in [3.63, 3.8) is 0 Å². The summed E-state index contributed by atoms with van der Waals surface area (Å²) >= 11 is 0. The monoisotopic (exact) mass is 302 g/mol. The lowest BCUT2D eigenvalue weighted by molar-refractivity contribution is 0.196. The smallest absolute Gasteiger partial charge is 0.321 e. The number of hydrogen-bond donors (Lipinski definition) is 0. The SMILES string of the molecule is CCCO[SiH](CCCc1cc(F)cc(F)c1)OCCC. The highest BCUT2D eigenvalue weighted by Crippen LogP contribution is 2.13. The predicted octanol–water partition coefficient (Wildman–Crippen LogP) is 3.97. The molecule has 0 aliphatic carbocycles. The van der Waals surface area contributed by atoms with Gasteiger partial charge in [0.05, 0.1) is 0 Å². The summed E-state index contributed by atoms with van der Waals surface area (Å²) in [6, 6.07) is 4.55. The van der Waals surface area contributed by atoms with Crippen LogP contribution in [0.2, 0.25) is 6.04 Å². The minimum Gasteiger partial charge on any atom is -0.397 e. The van der Waals surface area contributed by atoms with Gasteiger partial charge in [-0.3, -0.25) is 0 Å². The van der Waals surface area contributed by atoms with E-state index in [9.17, 15) is 8.78 Å². The zero-order chi connectivity index (χ0) is 14.8. The molecule has 0 radical (unpaired) electrons. The first kappa shape index (κ1) is 17.3. The molecule has 0 unspecified atom stereocenters. The van der Waals surface area contributed by atoms with Gasteiger partial charge in [0.25, 0.3) is 0 Å². The van der Waals surface area contributed by atoms with Crippen LogP contribution in [0.4, 0.5) is 8.78 Å². The lowest BCUT2D eigenvalue weighted by atomic mass is 10.1. The first-order valence-electron chi connectivity index (χ1n) is 7.33. The molecule has 0 amide bonds. The van der Waals surface area contributed by atoms with E-state index in [0.717, 1.165) is 44.6 Å². The van der Waals surface area contributed by atoms with Gasteiger partial charge in [0.2, 0.25) is 0 Å². The first-order valence-corrected chi connectivity index (χ1v) is 9.09. The van der Waals surface area contributed by atoms with Crippen LogP contribution in [-0.2, 0) is 15.3 Å². The maximum atomic E-state index is 13.1. The maximum absolute atomic E-state index is 13.1. The summed E-state index contributed by atoms with van der Waals surface area (Å²) in [6.45, 7) is 5.60. The van der Waals surface area contributed by atoms with Crippen LogP contribution in [0.5, 0.6) is 0 Å². The Morgan fingerprint density at radius 2 is 1.50 bits per heavy atom. The van der Waals surface area contributed by atoms with E-state index in [4.69, 9.17) is 8.85 Å². The molecular formula is C15H24F2O2Si. The molecule has 0 aliphatic heterocycles. The highest BCUT2D eigenvalue weighted by molar-refractivity contribution is 6.44. The van der Waals surface area contributed by atoms with Gasteiger partial charge in [-0.1, -0.05) is 13.8 Å². The fraction of sp³-hybridized carbons (Fsp3) is 0.600. The second-order valence-electron chi connectivity index (χ2n) is 4.84. The number of rotatable bonds is 10. The fourth-order valence-corrected chi connectivity index (χ4v) is 3.91. The van der Waals surface area contributed by atoms with E-state index < -0.39 is 20.9 Å². The van der Waals surface area contributed by atoms with Crippen LogP contribution in [0, 0.1) is 11.6 Å². The van der Waals surface area contributed by atoms with Gasteiger partial charge in [-0.25, -0.2) is 8.78 Å². The van der Waals surface area contributed by atoms with Gasteiger partial charge in [0.15, 0.2) is 0 Å². The Balaban J connectivity index is 2.37. The molecule has 0 aromatic heterocycles. The van der Waals surface area contributed by atoms with E-state index in [0.29, 0.717) is 12.0 Å². The van der Waals surface area contributed by atoms with Crippen LogP contribution in [-0.4, -0.2) is 22.5 Å². The van der Waals surface area contributed by atoms with Crippen molar-refractivity contribution in [1.29, 1.82) is 0 Å². The molecule has 0 bridgehead atoms. The standard InChI is InChI=1S/C15H24F2O2Si/c1-3-7-18-20(19-8-4-2)9-5-6-13-10-14(16)12-15(17)11-13/h10-12,20H,3-9H2,1-2H3. The molecule has 0 fully saturated rings.